The van der Waals surface area contributed by atoms with Crippen LogP contribution in [0.2, 0.25) is 0 Å². The third-order valence-electron chi connectivity index (χ3n) is 3.13. The molecule has 1 aliphatic carbocycles. The SMILES string of the molecule is O=C(NS(=O)(=O)CC1CCC1)c1ccn(CC(F)F)n1. The quantitative estimate of drug-likeness (QED) is 0.850. The summed E-state index contributed by atoms with van der Waals surface area (Å²) in [4.78, 5) is 11.7. The number of amides is 1. The molecule has 1 saturated carbocycles. The van der Waals surface area contributed by atoms with Gasteiger partial charge in [-0.2, -0.15) is 5.10 Å². The Balaban J connectivity index is 1.95. The lowest BCUT2D eigenvalue weighted by Crippen LogP contribution is -2.36. The molecule has 0 radical (unpaired) electrons. The topological polar surface area (TPSA) is 81.1 Å². The summed E-state index contributed by atoms with van der Waals surface area (Å²) in [5.41, 5.74) is -0.192. The van der Waals surface area contributed by atoms with Gasteiger partial charge in [0.05, 0.1) is 5.75 Å². The van der Waals surface area contributed by atoms with E-state index in [1.807, 2.05) is 4.72 Å². The van der Waals surface area contributed by atoms with Gasteiger partial charge < -0.3 is 0 Å². The van der Waals surface area contributed by atoms with Crippen LogP contribution in [0, 0.1) is 5.92 Å². The molecule has 1 fully saturated rings. The Hall–Kier alpha value is -1.51. The van der Waals surface area contributed by atoms with Crippen LogP contribution < -0.4 is 4.72 Å². The molecule has 0 aliphatic heterocycles. The highest BCUT2D eigenvalue weighted by molar-refractivity contribution is 7.90. The van der Waals surface area contributed by atoms with Gasteiger partial charge in [-0.25, -0.2) is 21.9 Å². The Morgan fingerprint density at radius 1 is 1.50 bits per heavy atom. The molecule has 0 unspecified atom stereocenters. The number of sulfonamides is 1. The van der Waals surface area contributed by atoms with Crippen LogP contribution in [0.3, 0.4) is 0 Å². The molecule has 0 aromatic carbocycles. The Labute approximate surface area is 115 Å². The molecule has 0 saturated heterocycles. The molecule has 6 nitrogen and oxygen atoms in total. The first-order valence-electron chi connectivity index (χ1n) is 6.22. The largest absolute Gasteiger partial charge is 0.285 e. The standard InChI is InChI=1S/C11H15F2N3O3S/c12-10(13)6-16-5-4-9(14-16)11(17)15-20(18,19)7-8-2-1-3-8/h4-5,8,10H,1-3,6-7H2,(H,15,17). The van der Waals surface area contributed by atoms with Crippen LogP contribution in [-0.4, -0.2) is 36.3 Å². The third kappa shape index (κ3) is 3.99. The lowest BCUT2D eigenvalue weighted by Gasteiger charge is -2.24. The van der Waals surface area contributed by atoms with Crippen LogP contribution in [0.4, 0.5) is 8.78 Å². The molecular formula is C11H15F2N3O3S. The van der Waals surface area contributed by atoms with Gasteiger partial charge in [-0.3, -0.25) is 9.48 Å². The molecule has 1 N–H and O–H groups in total. The van der Waals surface area contributed by atoms with E-state index in [1.165, 1.54) is 12.3 Å². The van der Waals surface area contributed by atoms with Crippen LogP contribution in [0.25, 0.3) is 0 Å². The molecule has 1 aromatic rings. The second-order valence-electron chi connectivity index (χ2n) is 4.82. The summed E-state index contributed by atoms with van der Waals surface area (Å²) in [5.74, 6) is -0.884. The van der Waals surface area contributed by atoms with Gasteiger partial charge in [0.25, 0.3) is 12.3 Å². The molecule has 9 heteroatoms. The first kappa shape index (κ1) is 14.9. The Kier molecular flexibility index (Phi) is 4.36. The average molecular weight is 307 g/mol. The zero-order valence-electron chi connectivity index (χ0n) is 10.6. The number of hydrogen-bond acceptors (Lipinski definition) is 4. The van der Waals surface area contributed by atoms with Gasteiger partial charge in [-0.05, 0) is 24.8 Å². The van der Waals surface area contributed by atoms with Crippen molar-refractivity contribution in [3.63, 3.8) is 0 Å². The van der Waals surface area contributed by atoms with E-state index in [0.29, 0.717) is 0 Å². The predicted octanol–water partition coefficient (Wildman–Crippen LogP) is 1.01. The second kappa shape index (κ2) is 5.86. The Bertz CT molecular complexity index is 581. The first-order chi connectivity index (χ1) is 9.35. The summed E-state index contributed by atoms with van der Waals surface area (Å²) in [6.07, 6.45) is 1.32. The van der Waals surface area contributed by atoms with Crippen molar-refractivity contribution in [1.82, 2.24) is 14.5 Å². The minimum absolute atomic E-state index is 0.0868. The van der Waals surface area contributed by atoms with Crippen molar-refractivity contribution in [2.24, 2.45) is 5.92 Å². The van der Waals surface area contributed by atoms with Gasteiger partial charge in [0, 0.05) is 6.20 Å². The van der Waals surface area contributed by atoms with Crippen molar-refractivity contribution in [3.05, 3.63) is 18.0 Å². The number of aromatic nitrogens is 2. The van der Waals surface area contributed by atoms with Crippen LogP contribution in [0.5, 0.6) is 0 Å². The monoisotopic (exact) mass is 307 g/mol. The number of alkyl halides is 2. The lowest BCUT2D eigenvalue weighted by molar-refractivity contribution is 0.0970. The number of nitrogens with zero attached hydrogens (tertiary/aromatic N) is 2. The van der Waals surface area contributed by atoms with E-state index in [0.717, 1.165) is 23.9 Å². The van der Waals surface area contributed by atoms with E-state index in [2.05, 4.69) is 5.10 Å². The molecule has 0 atom stereocenters. The fraction of sp³-hybridized carbons (Fsp3) is 0.636. The molecule has 0 bridgehead atoms. The zero-order valence-corrected chi connectivity index (χ0v) is 11.4. The minimum atomic E-state index is -3.70. The fourth-order valence-corrected chi connectivity index (χ4v) is 3.36. The van der Waals surface area contributed by atoms with Crippen molar-refractivity contribution in [3.8, 4) is 0 Å². The summed E-state index contributed by atoms with van der Waals surface area (Å²) in [6, 6.07) is 1.20. The Morgan fingerprint density at radius 3 is 2.75 bits per heavy atom. The Morgan fingerprint density at radius 2 is 2.20 bits per heavy atom. The van der Waals surface area contributed by atoms with Crippen LogP contribution in [0.15, 0.2) is 12.3 Å². The van der Waals surface area contributed by atoms with E-state index in [9.17, 15) is 22.0 Å². The van der Waals surface area contributed by atoms with Gasteiger partial charge in [0.1, 0.15) is 6.54 Å². The van der Waals surface area contributed by atoms with Crippen molar-refractivity contribution >= 4 is 15.9 Å². The van der Waals surface area contributed by atoms with E-state index in [-0.39, 0.29) is 17.4 Å². The molecule has 1 aromatic heterocycles. The minimum Gasteiger partial charge on any atom is -0.266 e. The molecule has 1 aliphatic rings. The van der Waals surface area contributed by atoms with Gasteiger partial charge in [0.15, 0.2) is 5.69 Å². The molecule has 1 amide bonds. The zero-order chi connectivity index (χ0) is 14.8. The highest BCUT2D eigenvalue weighted by Gasteiger charge is 2.26. The lowest BCUT2D eigenvalue weighted by atomic mass is 9.87. The van der Waals surface area contributed by atoms with E-state index in [4.69, 9.17) is 0 Å². The molecule has 0 spiro atoms. The van der Waals surface area contributed by atoms with Gasteiger partial charge >= 0.3 is 0 Å². The second-order valence-corrected chi connectivity index (χ2v) is 6.59. The summed E-state index contributed by atoms with van der Waals surface area (Å²) in [7, 11) is -3.70. The maximum absolute atomic E-state index is 12.1. The van der Waals surface area contributed by atoms with Crippen molar-refractivity contribution in [2.45, 2.75) is 32.2 Å². The van der Waals surface area contributed by atoms with Crippen molar-refractivity contribution < 1.29 is 22.0 Å². The summed E-state index contributed by atoms with van der Waals surface area (Å²) in [6.45, 7) is -0.637. The normalized spacial score (nSPS) is 16.1. The van der Waals surface area contributed by atoms with Gasteiger partial charge in [-0.1, -0.05) is 6.42 Å². The maximum Gasteiger partial charge on any atom is 0.285 e. The number of carbonyl (C=O) groups is 1. The smallest absolute Gasteiger partial charge is 0.266 e. The van der Waals surface area contributed by atoms with Crippen LogP contribution >= 0.6 is 0 Å². The van der Waals surface area contributed by atoms with E-state index < -0.39 is 28.9 Å². The predicted molar refractivity (Wildman–Crippen MR) is 66.8 cm³/mol. The number of hydrogen-bond donors (Lipinski definition) is 1. The number of rotatable bonds is 6. The first-order valence-corrected chi connectivity index (χ1v) is 7.87. The molecule has 112 valence electrons. The number of halogens is 2. The molecule has 2 rings (SSSR count). The average Bonchev–Trinajstić information content (AvgIpc) is 2.71. The molecule has 20 heavy (non-hydrogen) atoms. The summed E-state index contributed by atoms with van der Waals surface area (Å²) < 4.78 is 50.5. The summed E-state index contributed by atoms with van der Waals surface area (Å²) in [5, 5.41) is 3.61. The number of nitrogens with one attached hydrogen (secondary N) is 1. The highest BCUT2D eigenvalue weighted by atomic mass is 32.2. The van der Waals surface area contributed by atoms with E-state index in [1.54, 1.807) is 0 Å². The third-order valence-corrected chi connectivity index (χ3v) is 4.53. The highest BCUT2D eigenvalue weighted by Crippen LogP contribution is 2.27. The number of carbonyl (C=O) groups excluding carboxylic acids is 1. The summed E-state index contributed by atoms with van der Waals surface area (Å²) >= 11 is 0. The van der Waals surface area contributed by atoms with Crippen LogP contribution in [-0.2, 0) is 16.6 Å². The van der Waals surface area contributed by atoms with Gasteiger partial charge in [0.2, 0.25) is 10.0 Å². The fourth-order valence-electron chi connectivity index (χ4n) is 1.93. The maximum atomic E-state index is 12.1. The van der Waals surface area contributed by atoms with Gasteiger partial charge in [-0.15, -0.1) is 0 Å². The molecule has 1 heterocycles. The van der Waals surface area contributed by atoms with Crippen LogP contribution in [0.1, 0.15) is 29.8 Å². The molecular weight excluding hydrogens is 292 g/mol. The van der Waals surface area contributed by atoms with Crippen molar-refractivity contribution in [1.29, 1.82) is 0 Å². The van der Waals surface area contributed by atoms with Crippen molar-refractivity contribution in [2.75, 3.05) is 5.75 Å². The van der Waals surface area contributed by atoms with E-state index >= 15 is 0 Å².